The third-order valence-electron chi connectivity index (χ3n) is 3.55. The van der Waals surface area contributed by atoms with E-state index in [0.717, 1.165) is 19.3 Å². The number of rotatable bonds is 3. The van der Waals surface area contributed by atoms with Crippen molar-refractivity contribution in [2.75, 3.05) is 0 Å². The van der Waals surface area contributed by atoms with Crippen LogP contribution in [0.2, 0.25) is 0 Å². The summed E-state index contributed by atoms with van der Waals surface area (Å²) in [5.41, 5.74) is 3.22. The number of hydrogen-bond donors (Lipinski definition) is 0. The smallest absolute Gasteiger partial charge is 0.336 e. The standard InChI is InChI=1S/C18H15FO2/c19-16-6-1-3-13(11-16)7-10-18(20)21-17-9-8-14-4-2-5-15(14)12-17/h1,3,6-12H,2,4-5H2/b10-7+. The summed E-state index contributed by atoms with van der Waals surface area (Å²) in [6, 6.07) is 11.8. The number of aryl methyl sites for hydroxylation is 2. The van der Waals surface area contributed by atoms with Gasteiger partial charge in [-0.05, 0) is 66.3 Å². The number of carbonyl (C=O) groups is 1. The van der Waals surface area contributed by atoms with Crippen LogP contribution in [0.3, 0.4) is 0 Å². The normalized spacial score (nSPS) is 13.4. The maximum absolute atomic E-state index is 13.0. The summed E-state index contributed by atoms with van der Waals surface area (Å²) in [5, 5.41) is 0. The fourth-order valence-electron chi connectivity index (χ4n) is 2.54. The van der Waals surface area contributed by atoms with Crippen molar-refractivity contribution in [2.45, 2.75) is 19.3 Å². The molecule has 0 atom stereocenters. The van der Waals surface area contributed by atoms with E-state index in [4.69, 9.17) is 4.74 Å². The lowest BCUT2D eigenvalue weighted by molar-refractivity contribution is -0.128. The van der Waals surface area contributed by atoms with E-state index < -0.39 is 5.97 Å². The van der Waals surface area contributed by atoms with Gasteiger partial charge in [0.1, 0.15) is 11.6 Å². The number of carbonyl (C=O) groups excluding carboxylic acids is 1. The molecule has 0 spiro atoms. The quantitative estimate of drug-likeness (QED) is 0.484. The van der Waals surface area contributed by atoms with E-state index in [9.17, 15) is 9.18 Å². The molecule has 0 amide bonds. The molecule has 1 aliphatic carbocycles. The summed E-state index contributed by atoms with van der Waals surface area (Å²) in [6.07, 6.45) is 6.15. The van der Waals surface area contributed by atoms with Gasteiger partial charge >= 0.3 is 5.97 Å². The SMILES string of the molecule is O=C(/C=C/c1cccc(F)c1)Oc1ccc2c(c1)CCC2. The molecular weight excluding hydrogens is 267 g/mol. The molecule has 0 aliphatic heterocycles. The van der Waals surface area contributed by atoms with Crippen LogP contribution in [0.15, 0.2) is 48.5 Å². The summed E-state index contributed by atoms with van der Waals surface area (Å²) in [4.78, 5) is 11.8. The Balaban J connectivity index is 1.66. The molecule has 0 N–H and O–H groups in total. The van der Waals surface area contributed by atoms with Crippen molar-refractivity contribution in [3.63, 3.8) is 0 Å². The Bertz CT molecular complexity index is 704. The summed E-state index contributed by atoms with van der Waals surface area (Å²) in [7, 11) is 0. The van der Waals surface area contributed by atoms with Crippen LogP contribution in [0, 0.1) is 5.82 Å². The molecule has 2 aromatic carbocycles. The highest BCUT2D eigenvalue weighted by atomic mass is 19.1. The lowest BCUT2D eigenvalue weighted by Gasteiger charge is -2.04. The Morgan fingerprint density at radius 3 is 2.81 bits per heavy atom. The van der Waals surface area contributed by atoms with Gasteiger partial charge in [-0.3, -0.25) is 0 Å². The molecule has 0 radical (unpaired) electrons. The van der Waals surface area contributed by atoms with E-state index >= 15 is 0 Å². The molecule has 3 rings (SSSR count). The third-order valence-corrected chi connectivity index (χ3v) is 3.55. The summed E-state index contributed by atoms with van der Waals surface area (Å²) < 4.78 is 18.3. The lowest BCUT2D eigenvalue weighted by atomic mass is 10.1. The Labute approximate surface area is 122 Å². The van der Waals surface area contributed by atoms with Gasteiger partial charge in [0, 0.05) is 6.08 Å². The van der Waals surface area contributed by atoms with Gasteiger partial charge in [0.25, 0.3) is 0 Å². The fourth-order valence-corrected chi connectivity index (χ4v) is 2.54. The Hall–Kier alpha value is -2.42. The first-order valence-electron chi connectivity index (χ1n) is 6.98. The molecule has 21 heavy (non-hydrogen) atoms. The van der Waals surface area contributed by atoms with Crippen molar-refractivity contribution in [3.8, 4) is 5.75 Å². The predicted octanol–water partition coefficient (Wildman–Crippen LogP) is 3.93. The largest absolute Gasteiger partial charge is 0.423 e. The van der Waals surface area contributed by atoms with Gasteiger partial charge in [-0.15, -0.1) is 0 Å². The minimum Gasteiger partial charge on any atom is -0.423 e. The summed E-state index contributed by atoms with van der Waals surface area (Å²) in [6.45, 7) is 0. The van der Waals surface area contributed by atoms with Gasteiger partial charge in [-0.2, -0.15) is 0 Å². The van der Waals surface area contributed by atoms with E-state index in [-0.39, 0.29) is 5.82 Å². The second-order valence-electron chi connectivity index (χ2n) is 5.09. The first-order valence-corrected chi connectivity index (χ1v) is 6.98. The fraction of sp³-hybridized carbons (Fsp3) is 0.167. The Morgan fingerprint density at radius 2 is 1.95 bits per heavy atom. The molecule has 106 valence electrons. The van der Waals surface area contributed by atoms with Crippen molar-refractivity contribution in [1.82, 2.24) is 0 Å². The molecule has 2 aromatic rings. The van der Waals surface area contributed by atoms with Gasteiger partial charge < -0.3 is 4.74 Å². The summed E-state index contributed by atoms with van der Waals surface area (Å²) >= 11 is 0. The highest BCUT2D eigenvalue weighted by molar-refractivity contribution is 5.88. The minimum atomic E-state index is -0.461. The van der Waals surface area contributed by atoms with Crippen LogP contribution in [0.25, 0.3) is 6.08 Å². The van der Waals surface area contributed by atoms with Crippen LogP contribution in [0.4, 0.5) is 4.39 Å². The topological polar surface area (TPSA) is 26.3 Å². The van der Waals surface area contributed by atoms with Crippen LogP contribution in [-0.2, 0) is 17.6 Å². The molecular formula is C18H15FO2. The first-order chi connectivity index (χ1) is 10.2. The monoisotopic (exact) mass is 282 g/mol. The van der Waals surface area contributed by atoms with E-state index in [1.165, 1.54) is 29.3 Å². The predicted molar refractivity (Wildman–Crippen MR) is 79.5 cm³/mol. The third kappa shape index (κ3) is 3.37. The molecule has 2 nitrogen and oxygen atoms in total. The van der Waals surface area contributed by atoms with Crippen molar-refractivity contribution in [1.29, 1.82) is 0 Å². The Morgan fingerprint density at radius 1 is 1.10 bits per heavy atom. The Kier molecular flexibility index (Phi) is 3.82. The van der Waals surface area contributed by atoms with Crippen LogP contribution < -0.4 is 4.74 Å². The molecule has 0 saturated heterocycles. The van der Waals surface area contributed by atoms with Crippen molar-refractivity contribution < 1.29 is 13.9 Å². The maximum Gasteiger partial charge on any atom is 0.336 e. The molecule has 0 bridgehead atoms. The van der Waals surface area contributed by atoms with Crippen molar-refractivity contribution in [3.05, 3.63) is 71.0 Å². The second kappa shape index (κ2) is 5.92. The highest BCUT2D eigenvalue weighted by Gasteiger charge is 2.12. The van der Waals surface area contributed by atoms with Gasteiger partial charge in [-0.1, -0.05) is 18.2 Å². The number of ether oxygens (including phenoxy) is 1. The number of halogens is 1. The van der Waals surface area contributed by atoms with Gasteiger partial charge in [0.15, 0.2) is 0 Å². The van der Waals surface area contributed by atoms with E-state index in [1.54, 1.807) is 18.2 Å². The molecule has 0 aromatic heterocycles. The lowest BCUT2D eigenvalue weighted by Crippen LogP contribution is -2.04. The molecule has 0 heterocycles. The molecule has 1 aliphatic rings. The van der Waals surface area contributed by atoms with Crippen molar-refractivity contribution in [2.24, 2.45) is 0 Å². The number of benzene rings is 2. The van der Waals surface area contributed by atoms with Crippen LogP contribution >= 0.6 is 0 Å². The van der Waals surface area contributed by atoms with Gasteiger partial charge in [0.05, 0.1) is 0 Å². The van der Waals surface area contributed by atoms with E-state index in [0.29, 0.717) is 11.3 Å². The summed E-state index contributed by atoms with van der Waals surface area (Å²) in [5.74, 6) is -0.231. The van der Waals surface area contributed by atoms with Crippen LogP contribution in [-0.4, -0.2) is 5.97 Å². The number of hydrogen-bond acceptors (Lipinski definition) is 2. The molecule has 0 saturated carbocycles. The average Bonchev–Trinajstić information content (AvgIpc) is 2.93. The zero-order valence-electron chi connectivity index (χ0n) is 11.5. The first kappa shape index (κ1) is 13.6. The average molecular weight is 282 g/mol. The second-order valence-corrected chi connectivity index (χ2v) is 5.09. The zero-order chi connectivity index (χ0) is 14.7. The minimum absolute atomic E-state index is 0.330. The molecule has 3 heteroatoms. The van der Waals surface area contributed by atoms with Gasteiger partial charge in [0.2, 0.25) is 0 Å². The molecule has 0 fully saturated rings. The van der Waals surface area contributed by atoms with E-state index in [2.05, 4.69) is 0 Å². The van der Waals surface area contributed by atoms with Crippen molar-refractivity contribution >= 4 is 12.0 Å². The van der Waals surface area contributed by atoms with Crippen LogP contribution in [0.1, 0.15) is 23.1 Å². The number of esters is 1. The highest BCUT2D eigenvalue weighted by Crippen LogP contribution is 2.26. The molecule has 0 unspecified atom stereocenters. The van der Waals surface area contributed by atoms with Gasteiger partial charge in [-0.25, -0.2) is 9.18 Å². The van der Waals surface area contributed by atoms with E-state index in [1.807, 2.05) is 18.2 Å². The van der Waals surface area contributed by atoms with Crippen LogP contribution in [0.5, 0.6) is 5.75 Å². The maximum atomic E-state index is 13.0. The number of fused-ring (bicyclic) bond motifs is 1. The zero-order valence-corrected chi connectivity index (χ0v) is 11.5.